The number of carboxylic acid groups (broad SMARTS) is 1. The van der Waals surface area contributed by atoms with Crippen molar-refractivity contribution >= 4 is 40.9 Å². The number of nitrogens with one attached hydrogen (secondary N) is 4. The minimum absolute atomic E-state index is 0.00630. The van der Waals surface area contributed by atoms with E-state index in [1.54, 1.807) is 12.3 Å². The molecule has 2 saturated heterocycles. The summed E-state index contributed by atoms with van der Waals surface area (Å²) >= 11 is 1.34. The molecule has 2 aliphatic rings. The molecule has 332 valence electrons. The number of nitrogens with zero attached hydrogens (tertiary/aromatic N) is 3. The quantitative estimate of drug-likeness (QED) is 0.0836. The number of aromatic nitrogens is 1. The van der Waals surface area contributed by atoms with Gasteiger partial charge in [0, 0.05) is 42.7 Å². The van der Waals surface area contributed by atoms with Crippen LogP contribution in [-0.2, 0) is 27.3 Å². The third kappa shape index (κ3) is 13.4. The van der Waals surface area contributed by atoms with Crippen molar-refractivity contribution in [2.75, 3.05) is 26.7 Å². The van der Waals surface area contributed by atoms with Gasteiger partial charge in [-0.1, -0.05) is 96.0 Å². The van der Waals surface area contributed by atoms with Gasteiger partial charge in [0.25, 0.3) is 11.8 Å². The number of hydrogen-bond donors (Lipinski definition) is 5. The number of amides is 4. The van der Waals surface area contributed by atoms with E-state index in [2.05, 4.69) is 26.2 Å². The molecule has 61 heavy (non-hydrogen) atoms. The predicted octanol–water partition coefficient (Wildman–Crippen LogP) is 6.21. The lowest BCUT2D eigenvalue weighted by molar-refractivity contribution is -0.141. The molecule has 0 bridgehead atoms. The van der Waals surface area contributed by atoms with Gasteiger partial charge in [-0.3, -0.25) is 28.9 Å². The van der Waals surface area contributed by atoms with Gasteiger partial charge in [-0.05, 0) is 87.6 Å². The molecule has 3 aromatic rings. The Labute approximate surface area is 365 Å². The number of benzene rings is 2. The standard InChI is InChI=1S/C47H67N7O6S/c1-7-31(4)41(52-43(56)40-21-13-14-22-53(40)6)44(57)50-37(30(2)3)27-38(48-28-34-19-11-12-20-36(34)46(58)54-23-15-16-24-54)45-51-39(29-61-45)42(55)49-35(25-32(5)47(59)60)26-33-17-9-8-10-18-33/h8-12,17-20,29-32,35,37-38,40-41,48H,7,13-16,21-28H2,1-6H3,(H,49,55)(H,50,57)(H,52,56)(H,59,60)/t31-,32-,35+,37+,38+,40+,41-/m0/s1. The van der Waals surface area contributed by atoms with E-state index in [0.717, 1.165) is 62.9 Å². The van der Waals surface area contributed by atoms with Gasteiger partial charge in [0.2, 0.25) is 11.8 Å². The molecule has 3 heterocycles. The van der Waals surface area contributed by atoms with E-state index in [4.69, 9.17) is 4.98 Å². The van der Waals surface area contributed by atoms with Crippen LogP contribution in [0.5, 0.6) is 0 Å². The normalized spacial score (nSPS) is 18.7. The molecular weight excluding hydrogens is 791 g/mol. The van der Waals surface area contributed by atoms with Crippen LogP contribution in [0.2, 0.25) is 0 Å². The highest BCUT2D eigenvalue weighted by Crippen LogP contribution is 2.28. The minimum atomic E-state index is -0.928. The Balaban J connectivity index is 1.39. The van der Waals surface area contributed by atoms with Crippen LogP contribution in [0.25, 0.3) is 0 Å². The fraction of sp³-hybridized carbons (Fsp3) is 0.574. The number of carbonyl (C=O) groups is 5. The summed E-state index contributed by atoms with van der Waals surface area (Å²) < 4.78 is 0. The molecule has 4 amide bonds. The molecule has 13 nitrogen and oxygen atoms in total. The minimum Gasteiger partial charge on any atom is -0.481 e. The third-order valence-corrected chi connectivity index (χ3v) is 13.4. The van der Waals surface area contributed by atoms with E-state index in [0.29, 0.717) is 36.4 Å². The Morgan fingerprint density at radius 2 is 1.56 bits per heavy atom. The smallest absolute Gasteiger partial charge is 0.306 e. The molecule has 0 radical (unpaired) electrons. The summed E-state index contributed by atoms with van der Waals surface area (Å²) in [5.41, 5.74) is 2.68. The van der Waals surface area contributed by atoms with Crippen LogP contribution in [0.1, 0.15) is 129 Å². The van der Waals surface area contributed by atoms with Crippen molar-refractivity contribution in [3.63, 3.8) is 0 Å². The summed E-state index contributed by atoms with van der Waals surface area (Å²) in [6.45, 7) is 12.4. The molecule has 0 unspecified atom stereocenters. The average molecular weight is 858 g/mol. The zero-order valence-electron chi connectivity index (χ0n) is 36.8. The number of hydrogen-bond acceptors (Lipinski definition) is 9. The Bertz CT molecular complexity index is 1920. The molecule has 2 aromatic carbocycles. The molecule has 5 N–H and O–H groups in total. The maximum absolute atomic E-state index is 14.2. The number of likely N-dealkylation sites (N-methyl/N-ethyl adjacent to an activating group) is 1. The van der Waals surface area contributed by atoms with Crippen molar-refractivity contribution in [3.8, 4) is 0 Å². The molecule has 5 rings (SSSR count). The summed E-state index contributed by atoms with van der Waals surface area (Å²) in [7, 11) is 1.96. The first kappa shape index (κ1) is 47.4. The molecular formula is C47H67N7O6S. The molecule has 2 fully saturated rings. The molecule has 7 atom stereocenters. The first-order valence-electron chi connectivity index (χ1n) is 22.2. The number of rotatable bonds is 21. The number of piperidine rings is 1. The van der Waals surface area contributed by atoms with Gasteiger partial charge in [0.1, 0.15) is 16.7 Å². The van der Waals surface area contributed by atoms with E-state index < -0.39 is 35.9 Å². The summed E-state index contributed by atoms with van der Waals surface area (Å²) in [4.78, 5) is 75.9. The molecule has 2 aliphatic heterocycles. The first-order valence-corrected chi connectivity index (χ1v) is 23.1. The second-order valence-electron chi connectivity index (χ2n) is 17.5. The van der Waals surface area contributed by atoms with E-state index in [1.807, 2.05) is 94.2 Å². The van der Waals surface area contributed by atoms with Gasteiger partial charge < -0.3 is 31.3 Å². The number of carboxylic acids is 1. The van der Waals surface area contributed by atoms with E-state index in [1.165, 1.54) is 11.3 Å². The van der Waals surface area contributed by atoms with Crippen LogP contribution in [0.4, 0.5) is 0 Å². The van der Waals surface area contributed by atoms with Crippen molar-refractivity contribution in [2.45, 2.75) is 129 Å². The third-order valence-electron chi connectivity index (χ3n) is 12.4. The van der Waals surface area contributed by atoms with Crippen molar-refractivity contribution in [2.24, 2.45) is 17.8 Å². The van der Waals surface area contributed by atoms with Gasteiger partial charge in [0.05, 0.1) is 18.0 Å². The van der Waals surface area contributed by atoms with Crippen LogP contribution in [-0.4, -0.2) is 100 Å². The number of thiazole rings is 1. The fourth-order valence-electron chi connectivity index (χ4n) is 8.29. The summed E-state index contributed by atoms with van der Waals surface area (Å²) in [5, 5.41) is 25.2. The highest BCUT2D eigenvalue weighted by molar-refractivity contribution is 7.09. The maximum atomic E-state index is 14.2. The van der Waals surface area contributed by atoms with Gasteiger partial charge in [-0.2, -0.15) is 0 Å². The maximum Gasteiger partial charge on any atom is 0.306 e. The summed E-state index contributed by atoms with van der Waals surface area (Å²) in [5.74, 6) is -2.46. The van der Waals surface area contributed by atoms with Crippen molar-refractivity contribution in [1.29, 1.82) is 0 Å². The lowest BCUT2D eigenvalue weighted by Crippen LogP contribution is -2.57. The Hall–Kier alpha value is -4.66. The lowest BCUT2D eigenvalue weighted by atomic mass is 9.93. The fourth-order valence-corrected chi connectivity index (χ4v) is 9.18. The zero-order chi connectivity index (χ0) is 44.1. The molecule has 1 aromatic heterocycles. The molecule has 0 spiro atoms. The summed E-state index contributed by atoms with van der Waals surface area (Å²) in [6, 6.07) is 15.0. The van der Waals surface area contributed by atoms with Crippen molar-refractivity contribution in [3.05, 3.63) is 87.4 Å². The van der Waals surface area contributed by atoms with Gasteiger partial charge in [-0.15, -0.1) is 11.3 Å². The predicted molar refractivity (Wildman–Crippen MR) is 239 cm³/mol. The largest absolute Gasteiger partial charge is 0.481 e. The highest BCUT2D eigenvalue weighted by atomic mass is 32.1. The monoisotopic (exact) mass is 857 g/mol. The number of likely N-dealkylation sites (tertiary alicyclic amines) is 2. The van der Waals surface area contributed by atoms with Crippen LogP contribution in [0.15, 0.2) is 60.0 Å². The van der Waals surface area contributed by atoms with Crippen LogP contribution in [0, 0.1) is 17.8 Å². The van der Waals surface area contributed by atoms with Gasteiger partial charge in [0.15, 0.2) is 0 Å². The molecule has 14 heteroatoms. The topological polar surface area (TPSA) is 173 Å². The number of carbonyl (C=O) groups excluding carboxylic acids is 4. The Kier molecular flexibility index (Phi) is 17.8. The highest BCUT2D eigenvalue weighted by Gasteiger charge is 2.34. The van der Waals surface area contributed by atoms with Crippen LogP contribution >= 0.6 is 11.3 Å². The van der Waals surface area contributed by atoms with Gasteiger partial charge >= 0.3 is 5.97 Å². The van der Waals surface area contributed by atoms with E-state index in [9.17, 15) is 29.1 Å². The van der Waals surface area contributed by atoms with E-state index in [-0.39, 0.29) is 53.8 Å². The lowest BCUT2D eigenvalue weighted by Gasteiger charge is -2.34. The molecule has 0 aliphatic carbocycles. The second-order valence-corrected chi connectivity index (χ2v) is 18.3. The van der Waals surface area contributed by atoms with Crippen LogP contribution < -0.4 is 21.3 Å². The molecule has 0 saturated carbocycles. The Morgan fingerprint density at radius 3 is 2.23 bits per heavy atom. The van der Waals surface area contributed by atoms with E-state index >= 15 is 0 Å². The van der Waals surface area contributed by atoms with Crippen LogP contribution in [0.3, 0.4) is 0 Å². The average Bonchev–Trinajstić information content (AvgIpc) is 3.98. The number of aliphatic carboxylic acids is 1. The SMILES string of the molecule is CC[C@H](C)[C@H](NC(=O)[C@H]1CCCCN1C)C(=O)N[C@H](C[C@@H](NCc1ccccc1C(=O)N1CCCC1)c1nc(C(=O)N[C@@H](Cc2ccccc2)C[C@H](C)C(=O)O)cs1)C(C)C. The zero-order valence-corrected chi connectivity index (χ0v) is 37.6. The second kappa shape index (κ2) is 23.0. The summed E-state index contributed by atoms with van der Waals surface area (Å²) in [6.07, 6.45) is 6.59. The van der Waals surface area contributed by atoms with Gasteiger partial charge in [-0.25, -0.2) is 4.98 Å². The Morgan fingerprint density at radius 1 is 0.869 bits per heavy atom. The van der Waals surface area contributed by atoms with Crippen molar-refractivity contribution in [1.82, 2.24) is 36.1 Å². The first-order chi connectivity index (χ1) is 29.2. The van der Waals surface area contributed by atoms with Crippen molar-refractivity contribution < 1.29 is 29.1 Å².